The van der Waals surface area contributed by atoms with E-state index in [1.807, 2.05) is 4.90 Å². The number of carbonyl (C=O) groups excluding carboxylic acids is 1. The lowest BCUT2D eigenvalue weighted by Crippen LogP contribution is -2.52. The molecule has 5 heteroatoms. The molecule has 20 heavy (non-hydrogen) atoms. The molecular formula is C15H20N4O. The summed E-state index contributed by atoms with van der Waals surface area (Å²) in [5, 5.41) is 6.50. The van der Waals surface area contributed by atoms with Gasteiger partial charge in [0, 0.05) is 32.7 Å². The Labute approximate surface area is 118 Å². The first-order chi connectivity index (χ1) is 9.83. The molecule has 3 aliphatic heterocycles. The fourth-order valence-electron chi connectivity index (χ4n) is 3.58. The normalized spacial score (nSPS) is 24.8. The molecule has 1 unspecified atom stereocenters. The molecule has 3 heterocycles. The second kappa shape index (κ2) is 4.58. The highest BCUT2D eigenvalue weighted by molar-refractivity contribution is 5.79. The van der Waals surface area contributed by atoms with Crippen LogP contribution < -0.4 is 15.5 Å². The van der Waals surface area contributed by atoms with Gasteiger partial charge in [-0.05, 0) is 24.5 Å². The Bertz CT molecular complexity index is 545. The minimum absolute atomic E-state index is 0.0999. The smallest absolute Gasteiger partial charge is 0.317 e. The van der Waals surface area contributed by atoms with E-state index in [1.165, 1.54) is 29.8 Å². The summed E-state index contributed by atoms with van der Waals surface area (Å²) in [4.78, 5) is 16.1. The van der Waals surface area contributed by atoms with E-state index < -0.39 is 0 Å². The molecule has 2 saturated heterocycles. The van der Waals surface area contributed by atoms with Crippen LogP contribution in [0.5, 0.6) is 0 Å². The Kier molecular flexibility index (Phi) is 2.72. The maximum Gasteiger partial charge on any atom is 0.317 e. The highest BCUT2D eigenvalue weighted by Gasteiger charge is 2.36. The number of para-hydroxylation sites is 1. The number of benzene rings is 1. The Morgan fingerprint density at radius 2 is 2.15 bits per heavy atom. The van der Waals surface area contributed by atoms with E-state index in [-0.39, 0.29) is 6.03 Å². The first kappa shape index (κ1) is 11.9. The fourth-order valence-corrected chi connectivity index (χ4v) is 3.58. The van der Waals surface area contributed by atoms with Crippen molar-refractivity contribution in [1.29, 1.82) is 0 Å². The molecule has 2 amide bonds. The van der Waals surface area contributed by atoms with Crippen LogP contribution in [0.2, 0.25) is 0 Å². The maximum atomic E-state index is 11.7. The number of hydrogen-bond donors (Lipinski definition) is 2. The third-order valence-corrected chi connectivity index (χ3v) is 4.63. The van der Waals surface area contributed by atoms with E-state index in [9.17, 15) is 4.79 Å². The number of fused-ring (bicyclic) bond motifs is 2. The van der Waals surface area contributed by atoms with Crippen LogP contribution in [0.25, 0.3) is 0 Å². The van der Waals surface area contributed by atoms with Crippen LogP contribution in [0.15, 0.2) is 18.2 Å². The number of piperazine rings is 1. The lowest BCUT2D eigenvalue weighted by atomic mass is 10.0. The van der Waals surface area contributed by atoms with E-state index in [0.717, 1.165) is 32.7 Å². The van der Waals surface area contributed by atoms with Gasteiger partial charge in [-0.15, -0.1) is 0 Å². The Morgan fingerprint density at radius 1 is 1.20 bits per heavy atom. The summed E-state index contributed by atoms with van der Waals surface area (Å²) in [5.41, 5.74) is 4.04. The summed E-state index contributed by atoms with van der Waals surface area (Å²) in [6, 6.07) is 7.00. The second-order valence-corrected chi connectivity index (χ2v) is 5.82. The van der Waals surface area contributed by atoms with Gasteiger partial charge in [0.1, 0.15) is 0 Å². The third kappa shape index (κ3) is 1.80. The first-order valence-corrected chi connectivity index (χ1v) is 7.48. The zero-order valence-electron chi connectivity index (χ0n) is 11.6. The Morgan fingerprint density at radius 3 is 3.10 bits per heavy atom. The van der Waals surface area contributed by atoms with E-state index in [0.29, 0.717) is 6.04 Å². The van der Waals surface area contributed by atoms with Crippen molar-refractivity contribution < 1.29 is 4.79 Å². The average Bonchev–Trinajstić information content (AvgIpc) is 2.87. The predicted octanol–water partition coefficient (Wildman–Crippen LogP) is 1.26. The molecule has 4 rings (SSSR count). The second-order valence-electron chi connectivity index (χ2n) is 5.82. The van der Waals surface area contributed by atoms with Crippen molar-refractivity contribution in [2.75, 3.05) is 42.9 Å². The van der Waals surface area contributed by atoms with Gasteiger partial charge < -0.3 is 20.4 Å². The topological polar surface area (TPSA) is 47.6 Å². The number of anilines is 2. The number of nitrogens with zero attached hydrogens (tertiary/aromatic N) is 2. The van der Waals surface area contributed by atoms with Gasteiger partial charge >= 0.3 is 6.03 Å². The number of urea groups is 1. The van der Waals surface area contributed by atoms with E-state index in [4.69, 9.17) is 0 Å². The number of carbonyl (C=O) groups is 1. The standard InChI is InChI=1S/C15H20N4O/c20-15-17-9-12-10-18(7-8-19(12)15)13-5-1-3-11-4-2-6-16-14(11)13/h1,3,5,12,16H,2,4,6-10H2,(H,17,20). The van der Waals surface area contributed by atoms with Crippen molar-refractivity contribution >= 4 is 17.4 Å². The molecule has 1 aromatic carbocycles. The molecule has 5 nitrogen and oxygen atoms in total. The number of aryl methyl sites for hydroxylation is 1. The van der Waals surface area contributed by atoms with Crippen LogP contribution in [-0.2, 0) is 6.42 Å². The maximum absolute atomic E-state index is 11.7. The zero-order chi connectivity index (χ0) is 13.5. The molecule has 0 bridgehead atoms. The minimum Gasteiger partial charge on any atom is -0.383 e. The molecule has 3 aliphatic rings. The van der Waals surface area contributed by atoms with Crippen molar-refractivity contribution in [2.24, 2.45) is 0 Å². The average molecular weight is 272 g/mol. The highest BCUT2D eigenvalue weighted by Crippen LogP contribution is 2.34. The van der Waals surface area contributed by atoms with Gasteiger partial charge in [-0.25, -0.2) is 4.79 Å². The molecule has 0 aliphatic carbocycles. The van der Waals surface area contributed by atoms with Crippen molar-refractivity contribution in [2.45, 2.75) is 18.9 Å². The Balaban J connectivity index is 1.61. The first-order valence-electron chi connectivity index (χ1n) is 7.48. The van der Waals surface area contributed by atoms with Gasteiger partial charge in [0.25, 0.3) is 0 Å². The summed E-state index contributed by atoms with van der Waals surface area (Å²) in [5.74, 6) is 0. The molecule has 2 N–H and O–H groups in total. The molecule has 106 valence electrons. The lowest BCUT2D eigenvalue weighted by Gasteiger charge is -2.39. The molecule has 1 atom stereocenters. The molecule has 0 radical (unpaired) electrons. The van der Waals surface area contributed by atoms with Gasteiger partial charge in [-0.1, -0.05) is 12.1 Å². The molecule has 0 saturated carbocycles. The summed E-state index contributed by atoms with van der Waals surface area (Å²) < 4.78 is 0. The number of nitrogens with one attached hydrogen (secondary N) is 2. The van der Waals surface area contributed by atoms with Gasteiger partial charge in [0.05, 0.1) is 17.4 Å². The molecule has 1 aromatic rings. The monoisotopic (exact) mass is 272 g/mol. The van der Waals surface area contributed by atoms with Crippen molar-refractivity contribution in [3.8, 4) is 0 Å². The van der Waals surface area contributed by atoms with Crippen LogP contribution in [0.4, 0.5) is 16.2 Å². The molecular weight excluding hydrogens is 252 g/mol. The fraction of sp³-hybridized carbons (Fsp3) is 0.533. The lowest BCUT2D eigenvalue weighted by molar-refractivity contribution is 0.198. The van der Waals surface area contributed by atoms with Crippen molar-refractivity contribution in [1.82, 2.24) is 10.2 Å². The zero-order valence-corrected chi connectivity index (χ0v) is 11.6. The minimum atomic E-state index is 0.0999. The van der Waals surface area contributed by atoms with E-state index >= 15 is 0 Å². The number of rotatable bonds is 1. The molecule has 0 aromatic heterocycles. The van der Waals surface area contributed by atoms with Gasteiger partial charge in [0.15, 0.2) is 0 Å². The summed E-state index contributed by atoms with van der Waals surface area (Å²) in [6.45, 7) is 4.50. The van der Waals surface area contributed by atoms with E-state index in [2.05, 4.69) is 33.7 Å². The van der Waals surface area contributed by atoms with Gasteiger partial charge in [-0.3, -0.25) is 0 Å². The number of hydrogen-bond acceptors (Lipinski definition) is 3. The van der Waals surface area contributed by atoms with Crippen molar-refractivity contribution in [3.05, 3.63) is 23.8 Å². The molecule has 0 spiro atoms. The predicted molar refractivity (Wildman–Crippen MR) is 79.4 cm³/mol. The Hall–Kier alpha value is -1.91. The highest BCUT2D eigenvalue weighted by atomic mass is 16.2. The van der Waals surface area contributed by atoms with Crippen LogP contribution in [0.1, 0.15) is 12.0 Å². The summed E-state index contributed by atoms with van der Waals surface area (Å²) in [7, 11) is 0. The van der Waals surface area contributed by atoms with Crippen LogP contribution in [0, 0.1) is 0 Å². The number of amides is 2. The van der Waals surface area contributed by atoms with Crippen LogP contribution >= 0.6 is 0 Å². The SMILES string of the molecule is O=C1NCC2CN(c3cccc4c3NCCC4)CCN12. The van der Waals surface area contributed by atoms with Gasteiger partial charge in [0.2, 0.25) is 0 Å². The summed E-state index contributed by atoms with van der Waals surface area (Å²) in [6.07, 6.45) is 2.38. The van der Waals surface area contributed by atoms with Crippen molar-refractivity contribution in [3.63, 3.8) is 0 Å². The van der Waals surface area contributed by atoms with Crippen LogP contribution in [0.3, 0.4) is 0 Å². The largest absolute Gasteiger partial charge is 0.383 e. The quantitative estimate of drug-likeness (QED) is 0.809. The van der Waals surface area contributed by atoms with E-state index in [1.54, 1.807) is 0 Å². The summed E-state index contributed by atoms with van der Waals surface area (Å²) >= 11 is 0. The molecule has 2 fully saturated rings. The van der Waals surface area contributed by atoms with Crippen LogP contribution in [-0.4, -0.2) is 49.7 Å². The van der Waals surface area contributed by atoms with Gasteiger partial charge in [-0.2, -0.15) is 0 Å². The third-order valence-electron chi connectivity index (χ3n) is 4.63.